The fourth-order valence-electron chi connectivity index (χ4n) is 1.85. The molecule has 1 rings (SSSR count). The largest absolute Gasteiger partial charge is 0.469 e. The van der Waals surface area contributed by atoms with Gasteiger partial charge in [0, 0.05) is 11.5 Å². The third kappa shape index (κ3) is 7.73. The fourth-order valence-corrected chi connectivity index (χ4v) is 1.85. The Morgan fingerprint density at radius 1 is 1.30 bits per heavy atom. The van der Waals surface area contributed by atoms with Gasteiger partial charge in [0.1, 0.15) is 12.6 Å². The standard InChI is InChI=1S/C15H20N4O4/c1-22-14(20)13(18-19-16)9-5-6-10-17-15(21)23-11-12-7-3-2-4-8-12/h2-4,7-8,13H,5-6,9-11H2,1H3,(H,17,21). The van der Waals surface area contributed by atoms with E-state index in [0.717, 1.165) is 5.56 Å². The molecule has 0 bridgehead atoms. The van der Waals surface area contributed by atoms with Crippen LogP contribution in [0.5, 0.6) is 0 Å². The number of ether oxygens (including phenoxy) is 2. The van der Waals surface area contributed by atoms with E-state index < -0.39 is 18.1 Å². The molecule has 0 aliphatic carbocycles. The molecule has 8 nitrogen and oxygen atoms in total. The van der Waals surface area contributed by atoms with E-state index in [4.69, 9.17) is 10.3 Å². The Bertz CT molecular complexity index is 544. The highest BCUT2D eigenvalue weighted by atomic mass is 16.5. The van der Waals surface area contributed by atoms with E-state index >= 15 is 0 Å². The maximum Gasteiger partial charge on any atom is 0.407 e. The highest BCUT2D eigenvalue weighted by Crippen LogP contribution is 2.07. The number of methoxy groups -OCH3 is 1. The lowest BCUT2D eigenvalue weighted by atomic mass is 10.1. The van der Waals surface area contributed by atoms with Crippen LogP contribution in [0.4, 0.5) is 4.79 Å². The van der Waals surface area contributed by atoms with Crippen LogP contribution >= 0.6 is 0 Å². The normalized spacial score (nSPS) is 11.0. The Morgan fingerprint density at radius 3 is 2.70 bits per heavy atom. The van der Waals surface area contributed by atoms with Gasteiger partial charge in [0.05, 0.1) is 7.11 Å². The summed E-state index contributed by atoms with van der Waals surface area (Å²) < 4.78 is 9.60. The minimum atomic E-state index is -0.824. The zero-order chi connectivity index (χ0) is 16.9. The molecule has 0 heterocycles. The third-order valence-corrected chi connectivity index (χ3v) is 3.05. The number of nitrogens with zero attached hydrogens (tertiary/aromatic N) is 3. The first kappa shape index (κ1) is 18.3. The molecule has 8 heteroatoms. The number of esters is 1. The van der Waals surface area contributed by atoms with Crippen molar-refractivity contribution in [2.24, 2.45) is 5.11 Å². The molecule has 0 fully saturated rings. The van der Waals surface area contributed by atoms with Gasteiger partial charge in [-0.2, -0.15) is 0 Å². The van der Waals surface area contributed by atoms with Crippen LogP contribution in [0.1, 0.15) is 24.8 Å². The molecule has 1 unspecified atom stereocenters. The van der Waals surface area contributed by atoms with Crippen LogP contribution in [0.15, 0.2) is 35.4 Å². The van der Waals surface area contributed by atoms with Gasteiger partial charge in [-0.15, -0.1) is 0 Å². The maximum absolute atomic E-state index is 11.5. The van der Waals surface area contributed by atoms with E-state index in [-0.39, 0.29) is 6.61 Å². The summed E-state index contributed by atoms with van der Waals surface area (Å²) in [5.41, 5.74) is 9.30. The van der Waals surface area contributed by atoms with E-state index in [1.165, 1.54) is 7.11 Å². The van der Waals surface area contributed by atoms with Crippen molar-refractivity contribution < 1.29 is 19.1 Å². The van der Waals surface area contributed by atoms with Gasteiger partial charge in [-0.25, -0.2) is 4.79 Å². The van der Waals surface area contributed by atoms with Gasteiger partial charge >= 0.3 is 12.1 Å². The molecule has 0 radical (unpaired) electrons. The topological polar surface area (TPSA) is 113 Å². The highest BCUT2D eigenvalue weighted by Gasteiger charge is 2.16. The molecule has 1 N–H and O–H groups in total. The van der Waals surface area contributed by atoms with Gasteiger partial charge in [0.25, 0.3) is 0 Å². The molecule has 0 spiro atoms. The average molecular weight is 320 g/mol. The van der Waals surface area contributed by atoms with Crippen LogP contribution in [-0.4, -0.2) is 31.8 Å². The second-order valence-corrected chi connectivity index (χ2v) is 4.73. The van der Waals surface area contributed by atoms with E-state index in [9.17, 15) is 9.59 Å². The SMILES string of the molecule is COC(=O)C(CCCCNC(=O)OCc1ccccc1)N=[N+]=[N-]. The number of nitrogens with one attached hydrogen (secondary N) is 1. The summed E-state index contributed by atoms with van der Waals surface area (Å²) in [6.07, 6.45) is 1.12. The molecule has 23 heavy (non-hydrogen) atoms. The molecule has 1 atom stereocenters. The van der Waals surface area contributed by atoms with Crippen LogP contribution in [0, 0.1) is 0 Å². The molecule has 0 saturated heterocycles. The van der Waals surface area contributed by atoms with E-state index in [2.05, 4.69) is 20.1 Å². The van der Waals surface area contributed by atoms with E-state index in [0.29, 0.717) is 25.8 Å². The number of alkyl carbamates (subject to hydrolysis) is 1. The van der Waals surface area contributed by atoms with Crippen LogP contribution in [-0.2, 0) is 20.9 Å². The lowest BCUT2D eigenvalue weighted by molar-refractivity contribution is -0.142. The zero-order valence-corrected chi connectivity index (χ0v) is 13.0. The van der Waals surface area contributed by atoms with Crippen molar-refractivity contribution in [3.8, 4) is 0 Å². The summed E-state index contributed by atoms with van der Waals surface area (Å²) in [5, 5.41) is 6.01. The van der Waals surface area contributed by atoms with E-state index in [1.807, 2.05) is 30.3 Å². The van der Waals surface area contributed by atoms with E-state index in [1.54, 1.807) is 0 Å². The Morgan fingerprint density at radius 2 is 2.04 bits per heavy atom. The van der Waals surface area contributed by atoms with Crippen molar-refractivity contribution in [2.75, 3.05) is 13.7 Å². The number of unbranched alkanes of at least 4 members (excludes halogenated alkanes) is 1. The first-order valence-electron chi connectivity index (χ1n) is 7.24. The van der Waals surface area contributed by atoms with Crippen LogP contribution in [0.3, 0.4) is 0 Å². The Balaban J connectivity index is 2.15. The van der Waals surface area contributed by atoms with Gasteiger partial charge in [0.2, 0.25) is 0 Å². The fraction of sp³-hybridized carbons (Fsp3) is 0.467. The second-order valence-electron chi connectivity index (χ2n) is 4.73. The monoisotopic (exact) mass is 320 g/mol. The lowest BCUT2D eigenvalue weighted by Crippen LogP contribution is -2.25. The van der Waals surface area contributed by atoms with Gasteiger partial charge in [-0.3, -0.25) is 4.79 Å². The van der Waals surface area contributed by atoms with Crippen molar-refractivity contribution in [2.45, 2.75) is 31.9 Å². The predicted octanol–water partition coefficient (Wildman–Crippen LogP) is 2.94. The summed E-state index contributed by atoms with van der Waals surface area (Å²) >= 11 is 0. The number of hydrogen-bond donors (Lipinski definition) is 1. The van der Waals surface area contributed by atoms with Crippen molar-refractivity contribution in [3.05, 3.63) is 46.3 Å². The smallest absolute Gasteiger partial charge is 0.407 e. The van der Waals surface area contributed by atoms with Crippen LogP contribution in [0.25, 0.3) is 10.4 Å². The minimum absolute atomic E-state index is 0.216. The number of carbonyl (C=O) groups is 2. The van der Waals surface area contributed by atoms with Gasteiger partial charge < -0.3 is 14.8 Å². The third-order valence-electron chi connectivity index (χ3n) is 3.05. The summed E-state index contributed by atoms with van der Waals surface area (Å²) in [4.78, 5) is 25.4. The Hall–Kier alpha value is -2.73. The average Bonchev–Trinajstić information content (AvgIpc) is 2.59. The van der Waals surface area contributed by atoms with Gasteiger partial charge in [-0.1, -0.05) is 41.9 Å². The number of azide groups is 1. The summed E-state index contributed by atoms with van der Waals surface area (Å²) in [6, 6.07) is 8.55. The zero-order valence-electron chi connectivity index (χ0n) is 13.0. The molecule has 1 aromatic carbocycles. The number of amides is 1. The maximum atomic E-state index is 11.5. The molecule has 0 aliphatic heterocycles. The molecule has 1 aromatic rings. The van der Waals surface area contributed by atoms with Crippen LogP contribution < -0.4 is 5.32 Å². The first-order chi connectivity index (χ1) is 11.2. The van der Waals surface area contributed by atoms with Crippen molar-refractivity contribution in [1.82, 2.24) is 5.32 Å². The number of hydrogen-bond acceptors (Lipinski definition) is 5. The second kappa shape index (κ2) is 10.9. The summed E-state index contributed by atoms with van der Waals surface area (Å²) in [7, 11) is 1.24. The molecule has 0 aromatic heterocycles. The number of carbonyl (C=O) groups excluding carboxylic acids is 2. The Kier molecular flexibility index (Phi) is 8.70. The molecule has 1 amide bonds. The lowest BCUT2D eigenvalue weighted by Gasteiger charge is -2.09. The van der Waals surface area contributed by atoms with Gasteiger partial charge in [0.15, 0.2) is 0 Å². The first-order valence-corrected chi connectivity index (χ1v) is 7.24. The molecular weight excluding hydrogens is 300 g/mol. The van der Waals surface area contributed by atoms with Crippen molar-refractivity contribution in [3.63, 3.8) is 0 Å². The molecule has 0 saturated carbocycles. The molecular formula is C15H20N4O4. The number of benzene rings is 1. The van der Waals surface area contributed by atoms with Crippen molar-refractivity contribution >= 4 is 12.1 Å². The van der Waals surface area contributed by atoms with Crippen LogP contribution in [0.2, 0.25) is 0 Å². The summed E-state index contributed by atoms with van der Waals surface area (Å²) in [6.45, 7) is 0.631. The summed E-state index contributed by atoms with van der Waals surface area (Å²) in [5.74, 6) is -0.557. The molecule has 0 aliphatic rings. The van der Waals surface area contributed by atoms with Gasteiger partial charge in [-0.05, 0) is 23.9 Å². The highest BCUT2D eigenvalue weighted by molar-refractivity contribution is 5.75. The number of rotatable bonds is 9. The quantitative estimate of drug-likeness (QED) is 0.248. The molecule has 124 valence electrons. The Labute approximate surface area is 134 Å². The predicted molar refractivity (Wildman–Crippen MR) is 83.4 cm³/mol. The minimum Gasteiger partial charge on any atom is -0.469 e. The van der Waals surface area contributed by atoms with Crippen molar-refractivity contribution in [1.29, 1.82) is 0 Å².